The van der Waals surface area contributed by atoms with Crippen molar-refractivity contribution in [2.24, 2.45) is 5.92 Å². The molecule has 2 aromatic carbocycles. The lowest BCUT2D eigenvalue weighted by molar-refractivity contribution is 0.0765. The second kappa shape index (κ2) is 8.17. The molecule has 1 aliphatic heterocycles. The van der Waals surface area contributed by atoms with Gasteiger partial charge in [-0.3, -0.25) is 4.79 Å². The summed E-state index contributed by atoms with van der Waals surface area (Å²) in [6.07, 6.45) is 1.03. The van der Waals surface area contributed by atoms with Crippen molar-refractivity contribution in [2.75, 3.05) is 26.8 Å². The smallest absolute Gasteiger partial charge is 0.253 e. The number of ether oxygens (including phenoxy) is 2. The number of aryl methyl sites for hydroxylation is 1. The van der Waals surface area contributed by atoms with Gasteiger partial charge < -0.3 is 14.4 Å². The fourth-order valence-corrected chi connectivity index (χ4v) is 3.11. The van der Waals surface area contributed by atoms with E-state index in [1.165, 1.54) is 5.56 Å². The Morgan fingerprint density at radius 1 is 1.24 bits per heavy atom. The predicted molar refractivity (Wildman–Crippen MR) is 97.8 cm³/mol. The summed E-state index contributed by atoms with van der Waals surface area (Å²) < 4.78 is 11.2. The van der Waals surface area contributed by atoms with Crippen molar-refractivity contribution < 1.29 is 14.3 Å². The zero-order valence-electron chi connectivity index (χ0n) is 14.9. The molecule has 0 aliphatic carbocycles. The van der Waals surface area contributed by atoms with Crippen molar-refractivity contribution in [1.29, 1.82) is 0 Å². The van der Waals surface area contributed by atoms with Gasteiger partial charge in [0.2, 0.25) is 0 Å². The third-order valence-corrected chi connectivity index (χ3v) is 4.47. The van der Waals surface area contributed by atoms with Crippen LogP contribution in [0.1, 0.15) is 27.9 Å². The van der Waals surface area contributed by atoms with Crippen molar-refractivity contribution in [3.8, 4) is 5.75 Å². The lowest BCUT2D eigenvalue weighted by atomic mass is 10.1. The van der Waals surface area contributed by atoms with Crippen LogP contribution in [0.15, 0.2) is 48.5 Å². The van der Waals surface area contributed by atoms with Crippen molar-refractivity contribution >= 4 is 5.91 Å². The van der Waals surface area contributed by atoms with Gasteiger partial charge in [0.15, 0.2) is 0 Å². The summed E-state index contributed by atoms with van der Waals surface area (Å²) in [6.45, 7) is 4.84. The van der Waals surface area contributed by atoms with Crippen LogP contribution < -0.4 is 4.74 Å². The van der Waals surface area contributed by atoms with Gasteiger partial charge in [0.25, 0.3) is 5.91 Å². The van der Waals surface area contributed by atoms with E-state index in [0.29, 0.717) is 23.8 Å². The topological polar surface area (TPSA) is 38.8 Å². The number of rotatable bonds is 6. The fourth-order valence-electron chi connectivity index (χ4n) is 3.11. The number of benzene rings is 2. The SMILES string of the molecule is Cc1cccc(COc2cccc(C(=O)N(C)CC3CCOC3)c2)c1. The molecule has 0 saturated carbocycles. The van der Waals surface area contributed by atoms with E-state index in [-0.39, 0.29) is 5.91 Å². The van der Waals surface area contributed by atoms with E-state index < -0.39 is 0 Å². The molecular formula is C21H25NO3. The van der Waals surface area contributed by atoms with E-state index in [1.54, 1.807) is 4.90 Å². The van der Waals surface area contributed by atoms with Crippen LogP contribution in [0.3, 0.4) is 0 Å². The van der Waals surface area contributed by atoms with Crippen molar-refractivity contribution in [2.45, 2.75) is 20.0 Å². The van der Waals surface area contributed by atoms with Crippen molar-refractivity contribution in [1.82, 2.24) is 4.90 Å². The highest BCUT2D eigenvalue weighted by Crippen LogP contribution is 2.19. The Labute approximate surface area is 149 Å². The van der Waals surface area contributed by atoms with Gasteiger partial charge in [-0.05, 0) is 37.1 Å². The molecule has 1 amide bonds. The van der Waals surface area contributed by atoms with E-state index in [1.807, 2.05) is 43.4 Å². The maximum atomic E-state index is 12.6. The highest BCUT2D eigenvalue weighted by atomic mass is 16.5. The van der Waals surface area contributed by atoms with Crippen molar-refractivity contribution in [3.63, 3.8) is 0 Å². The van der Waals surface area contributed by atoms with Crippen LogP contribution in [0.2, 0.25) is 0 Å². The number of hydrogen-bond donors (Lipinski definition) is 0. The molecule has 25 heavy (non-hydrogen) atoms. The first kappa shape index (κ1) is 17.5. The van der Waals surface area contributed by atoms with Gasteiger partial charge in [-0.15, -0.1) is 0 Å². The van der Waals surface area contributed by atoms with E-state index in [0.717, 1.165) is 31.7 Å². The standard InChI is InChI=1S/C21H25NO3/c1-16-5-3-6-17(11-16)15-25-20-8-4-7-19(12-20)21(23)22(2)13-18-9-10-24-14-18/h3-8,11-12,18H,9-10,13-15H2,1-2H3. The Morgan fingerprint density at radius 2 is 2.08 bits per heavy atom. The molecule has 132 valence electrons. The zero-order chi connectivity index (χ0) is 17.6. The zero-order valence-corrected chi connectivity index (χ0v) is 14.9. The minimum absolute atomic E-state index is 0.0212. The van der Waals surface area contributed by atoms with E-state index >= 15 is 0 Å². The number of amides is 1. The summed E-state index contributed by atoms with van der Waals surface area (Å²) >= 11 is 0. The molecule has 1 aliphatic rings. The van der Waals surface area contributed by atoms with E-state index in [2.05, 4.69) is 19.1 Å². The average molecular weight is 339 g/mol. The average Bonchev–Trinajstić information content (AvgIpc) is 3.12. The molecule has 1 heterocycles. The van der Waals surface area contributed by atoms with Gasteiger partial charge in [0, 0.05) is 31.7 Å². The third kappa shape index (κ3) is 4.83. The lowest BCUT2D eigenvalue weighted by Crippen LogP contribution is -2.32. The first-order valence-electron chi connectivity index (χ1n) is 8.73. The predicted octanol–water partition coefficient (Wildman–Crippen LogP) is 3.68. The molecule has 1 fully saturated rings. The van der Waals surface area contributed by atoms with Gasteiger partial charge in [-0.25, -0.2) is 0 Å². The molecule has 2 aromatic rings. The lowest BCUT2D eigenvalue weighted by Gasteiger charge is -2.20. The summed E-state index contributed by atoms with van der Waals surface area (Å²) in [5.41, 5.74) is 2.99. The Balaban J connectivity index is 1.61. The van der Waals surface area contributed by atoms with Crippen LogP contribution in [0.5, 0.6) is 5.75 Å². The van der Waals surface area contributed by atoms with Crippen LogP contribution in [0.4, 0.5) is 0 Å². The summed E-state index contributed by atoms with van der Waals surface area (Å²) in [5.74, 6) is 1.17. The van der Waals surface area contributed by atoms with Gasteiger partial charge >= 0.3 is 0 Å². The van der Waals surface area contributed by atoms with Crippen molar-refractivity contribution in [3.05, 3.63) is 65.2 Å². The largest absolute Gasteiger partial charge is 0.489 e. The Kier molecular flexibility index (Phi) is 5.71. The van der Waals surface area contributed by atoms with Crippen LogP contribution in [-0.2, 0) is 11.3 Å². The number of carbonyl (C=O) groups excluding carboxylic acids is 1. The van der Waals surface area contributed by atoms with Gasteiger partial charge in [0.1, 0.15) is 12.4 Å². The molecule has 1 unspecified atom stereocenters. The molecule has 4 nitrogen and oxygen atoms in total. The molecule has 0 N–H and O–H groups in total. The minimum atomic E-state index is 0.0212. The van der Waals surface area contributed by atoms with Crippen LogP contribution in [0, 0.1) is 12.8 Å². The minimum Gasteiger partial charge on any atom is -0.489 e. The molecule has 0 bridgehead atoms. The first-order valence-corrected chi connectivity index (χ1v) is 8.73. The Bertz CT molecular complexity index is 723. The molecule has 0 spiro atoms. The molecule has 1 atom stereocenters. The Morgan fingerprint density at radius 3 is 2.84 bits per heavy atom. The normalized spacial score (nSPS) is 16.6. The van der Waals surface area contributed by atoms with Crippen LogP contribution in [-0.4, -0.2) is 37.6 Å². The van der Waals surface area contributed by atoms with Gasteiger partial charge in [-0.1, -0.05) is 35.9 Å². The monoisotopic (exact) mass is 339 g/mol. The summed E-state index contributed by atoms with van der Waals surface area (Å²) in [5, 5.41) is 0. The quantitative estimate of drug-likeness (QED) is 0.806. The van der Waals surface area contributed by atoms with Gasteiger partial charge in [0.05, 0.1) is 6.61 Å². The highest BCUT2D eigenvalue weighted by Gasteiger charge is 2.21. The number of hydrogen-bond acceptors (Lipinski definition) is 3. The molecule has 0 aromatic heterocycles. The molecule has 3 rings (SSSR count). The third-order valence-electron chi connectivity index (χ3n) is 4.47. The fraction of sp³-hybridized carbons (Fsp3) is 0.381. The first-order chi connectivity index (χ1) is 12.1. The molecule has 4 heteroatoms. The van der Waals surface area contributed by atoms with Crippen LogP contribution >= 0.6 is 0 Å². The number of nitrogens with zero attached hydrogens (tertiary/aromatic N) is 1. The Hall–Kier alpha value is -2.33. The van der Waals surface area contributed by atoms with E-state index in [4.69, 9.17) is 9.47 Å². The molecule has 1 saturated heterocycles. The highest BCUT2D eigenvalue weighted by molar-refractivity contribution is 5.94. The second-order valence-corrected chi connectivity index (χ2v) is 6.72. The second-order valence-electron chi connectivity index (χ2n) is 6.72. The van der Waals surface area contributed by atoms with E-state index in [9.17, 15) is 4.79 Å². The summed E-state index contributed by atoms with van der Waals surface area (Å²) in [6, 6.07) is 15.6. The summed E-state index contributed by atoms with van der Waals surface area (Å²) in [4.78, 5) is 14.4. The maximum Gasteiger partial charge on any atom is 0.253 e. The molecule has 0 radical (unpaired) electrons. The molecular weight excluding hydrogens is 314 g/mol. The number of carbonyl (C=O) groups is 1. The summed E-state index contributed by atoms with van der Waals surface area (Å²) in [7, 11) is 1.85. The maximum absolute atomic E-state index is 12.6. The van der Waals surface area contributed by atoms with Crippen LogP contribution in [0.25, 0.3) is 0 Å². The van der Waals surface area contributed by atoms with Gasteiger partial charge in [-0.2, -0.15) is 0 Å².